The highest BCUT2D eigenvalue weighted by molar-refractivity contribution is 9.10. The maximum Gasteiger partial charge on any atom is 0.363 e. The summed E-state index contributed by atoms with van der Waals surface area (Å²) in [7, 11) is 0. The van der Waals surface area contributed by atoms with Gasteiger partial charge in [-0.25, -0.2) is 9.79 Å². The van der Waals surface area contributed by atoms with Crippen molar-refractivity contribution in [2.75, 3.05) is 5.32 Å². The molecular formula is C18H13BrN2O3. The van der Waals surface area contributed by atoms with E-state index in [0.717, 1.165) is 15.6 Å². The minimum absolute atomic E-state index is 0.135. The summed E-state index contributed by atoms with van der Waals surface area (Å²) in [5.74, 6) is -0.336. The van der Waals surface area contributed by atoms with E-state index in [4.69, 9.17) is 4.74 Å². The van der Waals surface area contributed by atoms with Crippen LogP contribution in [-0.2, 0) is 14.3 Å². The predicted molar refractivity (Wildman–Crippen MR) is 95.5 cm³/mol. The second-order valence-corrected chi connectivity index (χ2v) is 6.06. The minimum atomic E-state index is -0.487. The number of halogens is 1. The summed E-state index contributed by atoms with van der Waals surface area (Å²) in [5, 5.41) is 2.68. The van der Waals surface area contributed by atoms with Gasteiger partial charge in [-0.2, -0.15) is 0 Å². The molecule has 1 aliphatic heterocycles. The molecule has 0 atom stereocenters. The summed E-state index contributed by atoms with van der Waals surface area (Å²) in [6.07, 6.45) is 1.64. The molecule has 1 amide bonds. The van der Waals surface area contributed by atoms with Crippen molar-refractivity contribution in [3.8, 4) is 0 Å². The van der Waals surface area contributed by atoms with Crippen LogP contribution in [0.25, 0.3) is 6.08 Å². The van der Waals surface area contributed by atoms with Crippen LogP contribution in [0.15, 0.2) is 63.7 Å². The highest BCUT2D eigenvalue weighted by Gasteiger charge is 2.23. The Morgan fingerprint density at radius 3 is 2.42 bits per heavy atom. The Labute approximate surface area is 147 Å². The average molecular weight is 385 g/mol. The third-order valence-corrected chi connectivity index (χ3v) is 3.77. The van der Waals surface area contributed by atoms with Gasteiger partial charge in [-0.3, -0.25) is 4.79 Å². The van der Waals surface area contributed by atoms with Crippen LogP contribution in [0.4, 0.5) is 5.69 Å². The molecule has 0 fully saturated rings. The van der Waals surface area contributed by atoms with Crippen molar-refractivity contribution < 1.29 is 14.3 Å². The van der Waals surface area contributed by atoms with Gasteiger partial charge in [0.15, 0.2) is 5.70 Å². The van der Waals surface area contributed by atoms with Crippen molar-refractivity contribution >= 4 is 45.5 Å². The maximum absolute atomic E-state index is 12.0. The van der Waals surface area contributed by atoms with Gasteiger partial charge in [0.25, 0.3) is 0 Å². The highest BCUT2D eigenvalue weighted by Crippen LogP contribution is 2.21. The average Bonchev–Trinajstić information content (AvgIpc) is 2.90. The molecule has 2 aromatic carbocycles. The van der Waals surface area contributed by atoms with E-state index in [2.05, 4.69) is 26.2 Å². The van der Waals surface area contributed by atoms with E-state index >= 15 is 0 Å². The summed E-state index contributed by atoms with van der Waals surface area (Å²) < 4.78 is 6.16. The van der Waals surface area contributed by atoms with Crippen LogP contribution in [0.2, 0.25) is 0 Å². The van der Waals surface area contributed by atoms with Gasteiger partial charge in [-0.05, 0) is 48.0 Å². The summed E-state index contributed by atoms with van der Waals surface area (Å²) >= 11 is 3.36. The van der Waals surface area contributed by atoms with Crippen molar-refractivity contribution in [2.45, 2.75) is 6.92 Å². The van der Waals surface area contributed by atoms with Gasteiger partial charge in [-0.1, -0.05) is 28.1 Å². The Balaban J connectivity index is 1.83. The van der Waals surface area contributed by atoms with Crippen LogP contribution in [0.3, 0.4) is 0 Å². The summed E-state index contributed by atoms with van der Waals surface area (Å²) in [6, 6.07) is 14.4. The molecule has 1 N–H and O–H groups in total. The van der Waals surface area contributed by atoms with Gasteiger partial charge in [0.2, 0.25) is 11.8 Å². The predicted octanol–water partition coefficient (Wildman–Crippen LogP) is 3.75. The zero-order valence-electron chi connectivity index (χ0n) is 12.7. The third kappa shape index (κ3) is 3.78. The molecule has 0 saturated heterocycles. The van der Waals surface area contributed by atoms with E-state index in [1.807, 2.05) is 24.3 Å². The summed E-state index contributed by atoms with van der Waals surface area (Å²) in [6.45, 7) is 1.45. The first-order valence-corrected chi connectivity index (χ1v) is 7.97. The van der Waals surface area contributed by atoms with Crippen molar-refractivity contribution in [3.63, 3.8) is 0 Å². The molecule has 24 heavy (non-hydrogen) atoms. The van der Waals surface area contributed by atoms with E-state index in [9.17, 15) is 9.59 Å². The molecule has 3 rings (SSSR count). The van der Waals surface area contributed by atoms with E-state index in [1.54, 1.807) is 30.3 Å². The first kappa shape index (κ1) is 16.1. The Hall–Kier alpha value is -2.73. The SMILES string of the molecule is CC(=O)Nc1ccc(/C=C2\N=C(c3ccc(Br)cc3)OC2=O)cc1. The van der Waals surface area contributed by atoms with Crippen LogP contribution >= 0.6 is 15.9 Å². The Morgan fingerprint density at radius 2 is 1.79 bits per heavy atom. The van der Waals surface area contributed by atoms with Crippen molar-refractivity contribution in [3.05, 3.63) is 69.8 Å². The Bertz CT molecular complexity index is 853. The van der Waals surface area contributed by atoms with Crippen LogP contribution in [-0.4, -0.2) is 17.8 Å². The van der Waals surface area contributed by atoms with Crippen molar-refractivity contribution in [2.24, 2.45) is 4.99 Å². The molecule has 0 radical (unpaired) electrons. The standard InChI is InChI=1S/C18H13BrN2O3/c1-11(22)20-15-8-2-12(3-9-15)10-16-18(23)24-17(21-16)13-4-6-14(19)7-5-13/h2-10H,1H3,(H,20,22)/b16-10-. The summed E-state index contributed by atoms with van der Waals surface area (Å²) in [5.41, 5.74) is 2.45. The number of cyclic esters (lactones) is 1. The van der Waals surface area contributed by atoms with E-state index in [1.165, 1.54) is 6.92 Å². The lowest BCUT2D eigenvalue weighted by atomic mass is 10.1. The number of nitrogens with zero attached hydrogens (tertiary/aromatic N) is 1. The molecule has 0 saturated carbocycles. The first-order valence-electron chi connectivity index (χ1n) is 7.17. The number of hydrogen-bond donors (Lipinski definition) is 1. The molecule has 2 aromatic rings. The molecule has 0 aliphatic carbocycles. The zero-order valence-corrected chi connectivity index (χ0v) is 14.3. The number of rotatable bonds is 3. The highest BCUT2D eigenvalue weighted by atomic mass is 79.9. The number of esters is 1. The molecule has 5 nitrogen and oxygen atoms in total. The fourth-order valence-corrected chi connectivity index (χ4v) is 2.41. The molecular weight excluding hydrogens is 372 g/mol. The molecule has 6 heteroatoms. The fraction of sp³-hybridized carbons (Fsp3) is 0.0556. The molecule has 0 aromatic heterocycles. The number of aliphatic imine (C=N–C) groups is 1. The summed E-state index contributed by atoms with van der Waals surface area (Å²) in [4.78, 5) is 27.2. The van der Waals surface area contributed by atoms with Crippen LogP contribution in [0, 0.1) is 0 Å². The lowest BCUT2D eigenvalue weighted by molar-refractivity contribution is -0.129. The van der Waals surface area contributed by atoms with Gasteiger partial charge in [0, 0.05) is 22.6 Å². The first-order chi connectivity index (χ1) is 11.5. The monoisotopic (exact) mass is 384 g/mol. The number of anilines is 1. The van der Waals surface area contributed by atoms with Crippen LogP contribution in [0.1, 0.15) is 18.1 Å². The largest absolute Gasteiger partial charge is 0.402 e. The normalized spacial score (nSPS) is 15.2. The molecule has 0 unspecified atom stereocenters. The molecule has 1 aliphatic rings. The minimum Gasteiger partial charge on any atom is -0.402 e. The third-order valence-electron chi connectivity index (χ3n) is 3.25. The Kier molecular flexibility index (Phi) is 4.57. The topological polar surface area (TPSA) is 67.8 Å². The molecule has 0 bridgehead atoms. The van der Waals surface area contributed by atoms with Crippen LogP contribution < -0.4 is 5.32 Å². The van der Waals surface area contributed by atoms with Gasteiger partial charge in [0.1, 0.15) is 0 Å². The van der Waals surface area contributed by atoms with E-state index in [0.29, 0.717) is 5.69 Å². The number of benzene rings is 2. The number of hydrogen-bond acceptors (Lipinski definition) is 4. The zero-order chi connectivity index (χ0) is 17.1. The smallest absolute Gasteiger partial charge is 0.363 e. The number of carbonyl (C=O) groups is 2. The number of ether oxygens (including phenoxy) is 1. The van der Waals surface area contributed by atoms with Gasteiger partial charge >= 0.3 is 5.97 Å². The quantitative estimate of drug-likeness (QED) is 0.647. The van der Waals surface area contributed by atoms with Gasteiger partial charge in [0.05, 0.1) is 0 Å². The van der Waals surface area contributed by atoms with Gasteiger partial charge < -0.3 is 10.1 Å². The second-order valence-electron chi connectivity index (χ2n) is 5.15. The lowest BCUT2D eigenvalue weighted by Gasteiger charge is -2.01. The molecule has 120 valence electrons. The number of carbonyl (C=O) groups excluding carboxylic acids is 2. The lowest BCUT2D eigenvalue weighted by Crippen LogP contribution is -2.05. The molecule has 1 heterocycles. The fourth-order valence-electron chi connectivity index (χ4n) is 2.15. The van der Waals surface area contributed by atoms with Crippen molar-refractivity contribution in [1.82, 2.24) is 0 Å². The Morgan fingerprint density at radius 1 is 1.12 bits per heavy atom. The van der Waals surface area contributed by atoms with E-state index in [-0.39, 0.29) is 17.5 Å². The second kappa shape index (κ2) is 6.80. The number of amides is 1. The van der Waals surface area contributed by atoms with Crippen molar-refractivity contribution in [1.29, 1.82) is 0 Å². The van der Waals surface area contributed by atoms with Crippen LogP contribution in [0.5, 0.6) is 0 Å². The van der Waals surface area contributed by atoms with Gasteiger partial charge in [-0.15, -0.1) is 0 Å². The molecule has 0 spiro atoms. The number of nitrogens with one attached hydrogen (secondary N) is 1. The van der Waals surface area contributed by atoms with E-state index < -0.39 is 5.97 Å². The maximum atomic E-state index is 12.0.